The van der Waals surface area contributed by atoms with Crippen LogP contribution in [0.1, 0.15) is 12.6 Å². The Bertz CT molecular complexity index is 703. The molecule has 1 saturated heterocycles. The maximum absolute atomic E-state index is 11.5. The number of anilines is 1. The largest absolute Gasteiger partial charge is 0.353 e. The molecule has 1 aliphatic rings. The van der Waals surface area contributed by atoms with E-state index in [4.69, 9.17) is 5.73 Å². The van der Waals surface area contributed by atoms with Gasteiger partial charge in [-0.25, -0.2) is 13.4 Å². The standard InChI is InChI=1S/C12H18N4O2S2/c1-9(13)8-10-11(14-12-16(10)2-5-19-12)15-3-6-20(17,18)7-4-15/h2,5,9H,3-4,6-8,13H2,1H3. The number of nitrogens with two attached hydrogens (primary N) is 1. The predicted octanol–water partition coefficient (Wildman–Crippen LogP) is 0.520. The fraction of sp³-hybridized carbons (Fsp3) is 0.583. The molecule has 0 amide bonds. The van der Waals surface area contributed by atoms with Gasteiger partial charge in [0.15, 0.2) is 20.6 Å². The van der Waals surface area contributed by atoms with Crippen LogP contribution in [0.5, 0.6) is 0 Å². The molecule has 0 spiro atoms. The first-order valence-electron chi connectivity index (χ1n) is 6.62. The molecule has 8 heteroatoms. The summed E-state index contributed by atoms with van der Waals surface area (Å²) in [5.74, 6) is 1.30. The first-order valence-corrected chi connectivity index (χ1v) is 9.32. The summed E-state index contributed by atoms with van der Waals surface area (Å²) in [4.78, 5) is 7.66. The SMILES string of the molecule is CC(N)Cc1c(N2CCS(=O)(=O)CC2)nc2sccn12. The minimum absolute atomic E-state index is 0.0436. The lowest BCUT2D eigenvalue weighted by atomic mass is 10.2. The number of thiazole rings is 1. The van der Waals surface area contributed by atoms with Crippen molar-refractivity contribution in [2.24, 2.45) is 5.73 Å². The highest BCUT2D eigenvalue weighted by molar-refractivity contribution is 7.91. The number of nitrogens with zero attached hydrogens (tertiary/aromatic N) is 3. The number of rotatable bonds is 3. The van der Waals surface area contributed by atoms with Crippen molar-refractivity contribution in [2.45, 2.75) is 19.4 Å². The topological polar surface area (TPSA) is 80.7 Å². The Morgan fingerprint density at radius 3 is 2.80 bits per heavy atom. The van der Waals surface area contributed by atoms with E-state index < -0.39 is 9.84 Å². The third-order valence-corrected chi connectivity index (χ3v) is 5.86. The van der Waals surface area contributed by atoms with Crippen molar-refractivity contribution in [3.05, 3.63) is 17.3 Å². The van der Waals surface area contributed by atoms with Crippen LogP contribution in [0.3, 0.4) is 0 Å². The van der Waals surface area contributed by atoms with Gasteiger partial charge in [-0.3, -0.25) is 4.40 Å². The van der Waals surface area contributed by atoms with E-state index in [-0.39, 0.29) is 17.5 Å². The van der Waals surface area contributed by atoms with E-state index >= 15 is 0 Å². The number of sulfone groups is 1. The molecule has 0 aliphatic carbocycles. The number of fused-ring (bicyclic) bond motifs is 1. The molecule has 20 heavy (non-hydrogen) atoms. The van der Waals surface area contributed by atoms with E-state index in [1.54, 1.807) is 11.3 Å². The van der Waals surface area contributed by atoms with Crippen LogP contribution < -0.4 is 10.6 Å². The highest BCUT2D eigenvalue weighted by Gasteiger charge is 2.26. The molecular formula is C12H18N4O2S2. The molecule has 2 N–H and O–H groups in total. The fourth-order valence-corrected chi connectivity index (χ4v) is 4.42. The molecule has 0 aromatic carbocycles. The second-order valence-corrected chi connectivity index (χ2v) is 8.43. The molecular weight excluding hydrogens is 296 g/mol. The van der Waals surface area contributed by atoms with Gasteiger partial charge in [0.2, 0.25) is 0 Å². The van der Waals surface area contributed by atoms with Crippen LogP contribution in [0.4, 0.5) is 5.82 Å². The Morgan fingerprint density at radius 1 is 1.45 bits per heavy atom. The van der Waals surface area contributed by atoms with Gasteiger partial charge in [-0.05, 0) is 6.92 Å². The summed E-state index contributed by atoms with van der Waals surface area (Å²) in [6.45, 7) is 2.99. The van der Waals surface area contributed by atoms with E-state index in [1.165, 1.54) is 0 Å². The molecule has 0 saturated carbocycles. The normalized spacial score (nSPS) is 20.4. The van der Waals surface area contributed by atoms with Crippen molar-refractivity contribution in [1.82, 2.24) is 9.38 Å². The molecule has 3 rings (SSSR count). The summed E-state index contributed by atoms with van der Waals surface area (Å²) in [5.41, 5.74) is 7.01. The van der Waals surface area contributed by atoms with E-state index in [1.807, 2.05) is 18.5 Å². The summed E-state index contributed by atoms with van der Waals surface area (Å²) < 4.78 is 25.1. The van der Waals surface area contributed by atoms with Crippen LogP contribution >= 0.6 is 11.3 Å². The molecule has 110 valence electrons. The third-order valence-electron chi connectivity index (χ3n) is 3.50. The number of hydrogen-bond donors (Lipinski definition) is 1. The Balaban J connectivity index is 1.96. The zero-order valence-corrected chi connectivity index (χ0v) is 13.0. The smallest absolute Gasteiger partial charge is 0.195 e. The molecule has 6 nitrogen and oxygen atoms in total. The van der Waals surface area contributed by atoms with Gasteiger partial charge in [0, 0.05) is 37.1 Å². The van der Waals surface area contributed by atoms with Crippen LogP contribution in [-0.4, -0.2) is 48.4 Å². The van der Waals surface area contributed by atoms with Gasteiger partial charge in [-0.15, -0.1) is 11.3 Å². The third kappa shape index (κ3) is 2.55. The van der Waals surface area contributed by atoms with Crippen molar-refractivity contribution in [3.8, 4) is 0 Å². The van der Waals surface area contributed by atoms with Gasteiger partial charge in [-0.2, -0.15) is 0 Å². The van der Waals surface area contributed by atoms with Crippen LogP contribution in [0.25, 0.3) is 4.96 Å². The maximum atomic E-state index is 11.5. The summed E-state index contributed by atoms with van der Waals surface area (Å²) in [6.07, 6.45) is 2.73. The summed E-state index contributed by atoms with van der Waals surface area (Å²) >= 11 is 1.58. The first kappa shape index (κ1) is 13.8. The second-order valence-electron chi connectivity index (χ2n) is 5.26. The fourth-order valence-electron chi connectivity index (χ4n) is 2.49. The summed E-state index contributed by atoms with van der Waals surface area (Å²) in [7, 11) is -2.87. The van der Waals surface area contributed by atoms with Crippen molar-refractivity contribution >= 4 is 32.0 Å². The molecule has 2 aromatic rings. The van der Waals surface area contributed by atoms with Crippen molar-refractivity contribution < 1.29 is 8.42 Å². The van der Waals surface area contributed by atoms with Crippen molar-refractivity contribution in [1.29, 1.82) is 0 Å². The van der Waals surface area contributed by atoms with Gasteiger partial charge in [0.05, 0.1) is 17.2 Å². The quantitative estimate of drug-likeness (QED) is 0.893. The van der Waals surface area contributed by atoms with E-state index in [2.05, 4.69) is 14.3 Å². The first-order chi connectivity index (χ1) is 9.46. The Labute approximate surface area is 122 Å². The van der Waals surface area contributed by atoms with Crippen LogP contribution in [-0.2, 0) is 16.3 Å². The van der Waals surface area contributed by atoms with Gasteiger partial charge < -0.3 is 10.6 Å². The number of imidazole rings is 1. The monoisotopic (exact) mass is 314 g/mol. The maximum Gasteiger partial charge on any atom is 0.195 e. The minimum atomic E-state index is -2.87. The van der Waals surface area contributed by atoms with Crippen LogP contribution in [0.2, 0.25) is 0 Å². The van der Waals surface area contributed by atoms with E-state index in [0.717, 1.165) is 22.9 Å². The van der Waals surface area contributed by atoms with Crippen molar-refractivity contribution in [2.75, 3.05) is 29.5 Å². The lowest BCUT2D eigenvalue weighted by Gasteiger charge is -2.28. The Hall–Kier alpha value is -1.12. The lowest BCUT2D eigenvalue weighted by molar-refractivity contribution is 0.586. The highest BCUT2D eigenvalue weighted by Crippen LogP contribution is 2.26. The van der Waals surface area contributed by atoms with Gasteiger partial charge in [0.1, 0.15) is 0 Å². The zero-order chi connectivity index (χ0) is 14.3. The molecule has 1 atom stereocenters. The van der Waals surface area contributed by atoms with Gasteiger partial charge in [-0.1, -0.05) is 0 Å². The number of aromatic nitrogens is 2. The Kier molecular flexibility index (Phi) is 3.47. The molecule has 3 heterocycles. The molecule has 1 unspecified atom stereocenters. The molecule has 1 fully saturated rings. The highest BCUT2D eigenvalue weighted by atomic mass is 32.2. The molecule has 0 bridgehead atoms. The number of hydrogen-bond acceptors (Lipinski definition) is 6. The van der Waals surface area contributed by atoms with E-state index in [9.17, 15) is 8.42 Å². The predicted molar refractivity (Wildman–Crippen MR) is 81.3 cm³/mol. The molecule has 0 radical (unpaired) electrons. The Morgan fingerprint density at radius 2 is 2.15 bits per heavy atom. The van der Waals surface area contributed by atoms with Gasteiger partial charge >= 0.3 is 0 Å². The molecule has 1 aliphatic heterocycles. The van der Waals surface area contributed by atoms with Crippen LogP contribution in [0, 0.1) is 0 Å². The van der Waals surface area contributed by atoms with Crippen LogP contribution in [0.15, 0.2) is 11.6 Å². The van der Waals surface area contributed by atoms with E-state index in [0.29, 0.717) is 13.1 Å². The second kappa shape index (κ2) is 5.01. The van der Waals surface area contributed by atoms with Crippen molar-refractivity contribution in [3.63, 3.8) is 0 Å². The molecule has 2 aromatic heterocycles. The average molecular weight is 314 g/mol. The summed E-state index contributed by atoms with van der Waals surface area (Å²) in [5, 5.41) is 2.00. The lowest BCUT2D eigenvalue weighted by Crippen LogP contribution is -2.41. The zero-order valence-electron chi connectivity index (χ0n) is 11.3. The minimum Gasteiger partial charge on any atom is -0.353 e. The average Bonchev–Trinajstić information content (AvgIpc) is 2.92. The summed E-state index contributed by atoms with van der Waals surface area (Å²) in [6, 6.07) is 0.0436. The van der Waals surface area contributed by atoms with Gasteiger partial charge in [0.25, 0.3) is 0 Å².